The average molecular weight is 513 g/mol. The summed E-state index contributed by atoms with van der Waals surface area (Å²) in [4.78, 5) is 28.3. The number of benzene rings is 1. The minimum absolute atomic E-state index is 0. The number of nitrogens with one attached hydrogen (secondary N) is 1. The van der Waals surface area contributed by atoms with Crippen LogP contribution in [0.15, 0.2) is 47.4 Å². The highest BCUT2D eigenvalue weighted by Gasteiger charge is 2.36. The van der Waals surface area contributed by atoms with E-state index in [0.717, 1.165) is 24.8 Å². The number of unbranched alkanes of at least 4 members (excludes halogenated alkanes) is 2. The number of carbonyl (C=O) groups is 1. The lowest BCUT2D eigenvalue weighted by molar-refractivity contribution is -0.145. The number of ether oxygens (including phenoxy) is 2. The number of anilines is 1. The van der Waals surface area contributed by atoms with Gasteiger partial charge in [-0.15, -0.1) is 0 Å². The fourth-order valence-corrected chi connectivity index (χ4v) is 5.08. The van der Waals surface area contributed by atoms with E-state index in [1.807, 2.05) is 30.3 Å². The number of hydrogen-bond donors (Lipinski definition) is 2. The highest BCUT2D eigenvalue weighted by atomic mass is 32.1. The molecule has 0 aliphatic carbocycles. The first-order chi connectivity index (χ1) is 15.9. The van der Waals surface area contributed by atoms with Crippen LogP contribution in [0.1, 0.15) is 31.7 Å². The lowest BCUT2D eigenvalue weighted by Gasteiger charge is -2.32. The van der Waals surface area contributed by atoms with Crippen LogP contribution in [0.3, 0.4) is 0 Å². The van der Waals surface area contributed by atoms with Crippen molar-refractivity contribution in [1.82, 2.24) is 14.6 Å². The maximum Gasteiger partial charge on any atom is 0.349 e. The van der Waals surface area contributed by atoms with Gasteiger partial charge in [0.25, 0.3) is 7.52 Å². The Morgan fingerprint density at radius 3 is 2.74 bits per heavy atom. The third kappa shape index (κ3) is 8.56. The molecule has 0 amide bonds. The van der Waals surface area contributed by atoms with Crippen LogP contribution in [0.5, 0.6) is 0 Å². The molecule has 1 aliphatic heterocycles. The molecule has 1 aromatic carbocycles. The number of carbonyl (C=O) groups excluding carboxylic acids is 1. The summed E-state index contributed by atoms with van der Waals surface area (Å²) in [6, 6.07) is 10.1. The summed E-state index contributed by atoms with van der Waals surface area (Å²) in [6.45, 7) is 2.55. The van der Waals surface area contributed by atoms with Crippen LogP contribution in [-0.4, -0.2) is 47.2 Å². The molecule has 1 aromatic heterocycles. The molecule has 1 aliphatic rings. The van der Waals surface area contributed by atoms with E-state index in [4.69, 9.17) is 19.7 Å². The van der Waals surface area contributed by atoms with Gasteiger partial charge in [0.2, 0.25) is 0 Å². The largest absolute Gasteiger partial charge is 0.465 e. The number of nitrogens with zero attached hydrogens (tertiary/aromatic N) is 2. The van der Waals surface area contributed by atoms with Crippen molar-refractivity contribution >= 4 is 32.8 Å². The van der Waals surface area contributed by atoms with Crippen LogP contribution in [-0.2, 0) is 36.3 Å². The maximum atomic E-state index is 13.3. The monoisotopic (exact) mass is 512 g/mol. The Hall–Kier alpha value is -2.17. The smallest absolute Gasteiger partial charge is 0.349 e. The third-order valence-corrected chi connectivity index (χ3v) is 6.92. The van der Waals surface area contributed by atoms with Gasteiger partial charge in [-0.1, -0.05) is 50.1 Å². The summed E-state index contributed by atoms with van der Waals surface area (Å²) in [7, 11) is -3.46. The molecule has 3 rings (SSSR count). The van der Waals surface area contributed by atoms with E-state index < -0.39 is 31.3 Å². The van der Waals surface area contributed by atoms with Gasteiger partial charge in [-0.2, -0.15) is 18.5 Å². The molecule has 10 nitrogen and oxygen atoms in total. The van der Waals surface area contributed by atoms with Gasteiger partial charge in [-0.25, -0.2) is 9.88 Å². The van der Waals surface area contributed by atoms with Crippen molar-refractivity contribution in [3.63, 3.8) is 0 Å². The van der Waals surface area contributed by atoms with Gasteiger partial charge in [-0.3, -0.25) is 13.9 Å². The zero-order valence-electron chi connectivity index (χ0n) is 19.2. The van der Waals surface area contributed by atoms with E-state index in [9.17, 15) is 14.2 Å². The molecule has 12 heteroatoms. The first kappa shape index (κ1) is 28.1. The Kier molecular flexibility index (Phi) is 11.3. The minimum Gasteiger partial charge on any atom is -0.465 e. The second-order valence-electron chi connectivity index (χ2n) is 7.92. The van der Waals surface area contributed by atoms with Crippen molar-refractivity contribution in [1.29, 1.82) is 0 Å². The summed E-state index contributed by atoms with van der Waals surface area (Å²) in [5.41, 5.74) is 5.90. The van der Waals surface area contributed by atoms with Gasteiger partial charge in [0.15, 0.2) is 0 Å². The summed E-state index contributed by atoms with van der Waals surface area (Å²) in [5.74, 6) is -0.341. The Morgan fingerprint density at radius 2 is 2.09 bits per heavy atom. The van der Waals surface area contributed by atoms with Gasteiger partial charge in [-0.05, 0) is 24.5 Å². The summed E-state index contributed by atoms with van der Waals surface area (Å²) in [5, 5.41) is 2.86. The molecular weight excluding hydrogens is 479 g/mol. The van der Waals surface area contributed by atoms with Crippen LogP contribution >= 0.6 is 21.0 Å². The first-order valence-electron chi connectivity index (χ1n) is 11.0. The minimum atomic E-state index is -3.46. The number of aromatic nitrogens is 2. The highest BCUT2D eigenvalue weighted by Crippen LogP contribution is 2.46. The SMILES string of the molecule is CCCCCOC(=O)[C@H](Cc1ccccc1)NP1(=O)CO[C@@H](Cn2ccc(N)nc2=O)CO1.S. The number of nitrogens with two attached hydrogens (primary N) is 1. The second-order valence-corrected chi connectivity index (χ2v) is 10.0. The molecule has 0 bridgehead atoms. The standard InChI is InChI=1S/C22H31N4O6P.H2S/c1-2-3-7-12-30-21(27)19(13-17-8-5-4-6-9-17)25-33(29)16-31-18(15-32-33)14-26-11-10-20(23)24-22(26)28;/h4-6,8-11,18-19H,2-3,7,12-16H2,1H3,(H,25,29)(H2,23,24,28);1H2/t18-,19-,33?;/m0./s1. The Balaban J connectivity index is 0.00000408. The normalized spacial score (nSPS) is 20.8. The molecule has 0 saturated carbocycles. The first-order valence-corrected chi connectivity index (χ1v) is 12.9. The van der Waals surface area contributed by atoms with E-state index in [0.29, 0.717) is 13.0 Å². The van der Waals surface area contributed by atoms with Gasteiger partial charge < -0.3 is 19.7 Å². The van der Waals surface area contributed by atoms with Gasteiger partial charge >= 0.3 is 11.7 Å². The van der Waals surface area contributed by atoms with Crippen molar-refractivity contribution < 1.29 is 23.4 Å². The topological polar surface area (TPSA) is 135 Å². The van der Waals surface area contributed by atoms with Crippen molar-refractivity contribution in [2.75, 3.05) is 25.3 Å². The summed E-state index contributed by atoms with van der Waals surface area (Å²) in [6.07, 6.45) is 3.85. The van der Waals surface area contributed by atoms with Crippen molar-refractivity contribution in [3.8, 4) is 0 Å². The Bertz CT molecular complexity index is 1010. The molecule has 1 saturated heterocycles. The number of nitrogen functional groups attached to an aromatic ring is 1. The molecule has 2 aromatic rings. The number of rotatable bonds is 11. The molecule has 0 radical (unpaired) electrons. The Labute approximate surface area is 206 Å². The van der Waals surface area contributed by atoms with Crippen LogP contribution < -0.4 is 16.5 Å². The van der Waals surface area contributed by atoms with Crippen molar-refractivity contribution in [2.24, 2.45) is 0 Å². The molecule has 188 valence electrons. The van der Waals surface area contributed by atoms with E-state index >= 15 is 0 Å². The quantitative estimate of drug-likeness (QED) is 0.264. The predicted molar refractivity (Wildman–Crippen MR) is 134 cm³/mol. The summed E-state index contributed by atoms with van der Waals surface area (Å²) < 4.78 is 31.4. The molecule has 1 fully saturated rings. The van der Waals surface area contributed by atoms with E-state index in [1.54, 1.807) is 0 Å². The lowest BCUT2D eigenvalue weighted by Crippen LogP contribution is -2.42. The van der Waals surface area contributed by atoms with E-state index in [-0.39, 0.29) is 38.8 Å². The number of esters is 1. The van der Waals surface area contributed by atoms with Crippen LogP contribution in [0, 0.1) is 0 Å². The van der Waals surface area contributed by atoms with Crippen LogP contribution in [0.25, 0.3) is 0 Å². The number of hydrogen-bond acceptors (Lipinski definition) is 8. The Morgan fingerprint density at radius 1 is 1.32 bits per heavy atom. The second kappa shape index (κ2) is 13.7. The summed E-state index contributed by atoms with van der Waals surface area (Å²) >= 11 is 0. The zero-order valence-corrected chi connectivity index (χ0v) is 21.1. The molecule has 3 atom stereocenters. The highest BCUT2D eigenvalue weighted by molar-refractivity contribution is 7.59. The molecule has 34 heavy (non-hydrogen) atoms. The van der Waals surface area contributed by atoms with Crippen molar-refractivity contribution in [2.45, 2.75) is 51.3 Å². The predicted octanol–water partition coefficient (Wildman–Crippen LogP) is 2.44. The molecule has 1 unspecified atom stereocenters. The molecule has 2 heterocycles. The average Bonchev–Trinajstić information content (AvgIpc) is 2.80. The van der Waals surface area contributed by atoms with Gasteiger partial charge in [0.1, 0.15) is 24.3 Å². The van der Waals surface area contributed by atoms with Crippen LogP contribution in [0.2, 0.25) is 0 Å². The van der Waals surface area contributed by atoms with Crippen LogP contribution in [0.4, 0.5) is 5.82 Å². The van der Waals surface area contributed by atoms with E-state index in [1.165, 1.54) is 16.8 Å². The fourth-order valence-electron chi connectivity index (χ4n) is 3.37. The lowest BCUT2D eigenvalue weighted by atomic mass is 10.1. The fraction of sp³-hybridized carbons (Fsp3) is 0.500. The zero-order chi connectivity index (χ0) is 23.7. The van der Waals surface area contributed by atoms with Gasteiger partial charge in [0, 0.05) is 6.20 Å². The molecule has 0 spiro atoms. The molecule has 3 N–H and O–H groups in total. The van der Waals surface area contributed by atoms with Gasteiger partial charge in [0.05, 0.1) is 19.8 Å². The maximum absolute atomic E-state index is 13.3. The van der Waals surface area contributed by atoms with E-state index in [2.05, 4.69) is 17.0 Å². The van der Waals surface area contributed by atoms with Crippen molar-refractivity contribution in [3.05, 3.63) is 58.6 Å². The third-order valence-electron chi connectivity index (χ3n) is 5.16. The molecular formula is C22H33N4O6PS.